The summed E-state index contributed by atoms with van der Waals surface area (Å²) in [6.07, 6.45) is -7.63. The van der Waals surface area contributed by atoms with Gasteiger partial charge in [0.05, 0.1) is 13.2 Å². The summed E-state index contributed by atoms with van der Waals surface area (Å²) in [6, 6.07) is -1.48. The van der Waals surface area contributed by atoms with Crippen LogP contribution in [-0.4, -0.2) is 130 Å². The Bertz CT molecular complexity index is 886. The molecule has 0 radical (unpaired) electrons. The minimum absolute atomic E-state index is 0.129. The van der Waals surface area contributed by atoms with E-state index in [1.807, 2.05) is 20.8 Å². The van der Waals surface area contributed by atoms with Gasteiger partial charge in [0.25, 0.3) is 0 Å². The van der Waals surface area contributed by atoms with Crippen molar-refractivity contribution in [3.63, 3.8) is 0 Å². The van der Waals surface area contributed by atoms with Gasteiger partial charge < -0.3 is 59.3 Å². The predicted octanol–water partition coefficient (Wildman–Crippen LogP) is -1.76. The van der Waals surface area contributed by atoms with Crippen molar-refractivity contribution in [1.29, 1.82) is 0 Å². The van der Waals surface area contributed by atoms with Crippen molar-refractivity contribution in [2.45, 2.75) is 121 Å². The fraction of sp³-hybridized carbons (Fsp3) is 0.875. The Hall–Kier alpha value is -1.95. The molecule has 39 heavy (non-hydrogen) atoms. The zero-order valence-electron chi connectivity index (χ0n) is 22.6. The number of hydrogen-bond acceptors (Lipinski definition) is 13. The van der Waals surface area contributed by atoms with Crippen LogP contribution < -0.4 is 5.32 Å². The molecule has 0 aromatic carbocycles. The van der Waals surface area contributed by atoms with E-state index in [-0.39, 0.29) is 18.6 Å². The second-order valence-corrected chi connectivity index (χ2v) is 10.1. The lowest BCUT2D eigenvalue weighted by Crippen LogP contribution is -2.65. The molecule has 0 saturated carbocycles. The van der Waals surface area contributed by atoms with E-state index in [0.717, 1.165) is 0 Å². The smallest absolute Gasteiger partial charge is 0.332 e. The molecule has 4 heterocycles. The highest BCUT2D eigenvalue weighted by molar-refractivity contribution is 5.77. The number of fused-ring (bicyclic) bond motifs is 1. The van der Waals surface area contributed by atoms with Crippen molar-refractivity contribution in [3.8, 4) is 0 Å². The molecule has 0 spiro atoms. The van der Waals surface area contributed by atoms with Crippen LogP contribution in [0.5, 0.6) is 0 Å². The lowest BCUT2D eigenvalue weighted by atomic mass is 9.96. The minimum atomic E-state index is -1.54. The van der Waals surface area contributed by atoms with Gasteiger partial charge in [-0.25, -0.2) is 9.79 Å². The Morgan fingerprint density at radius 1 is 1.18 bits per heavy atom. The molecule has 3 fully saturated rings. The quantitative estimate of drug-likeness (QED) is 0.193. The summed E-state index contributed by atoms with van der Waals surface area (Å²) in [6.45, 7) is 8.32. The molecule has 0 bridgehead atoms. The normalized spacial score (nSPS) is 39.6. The van der Waals surface area contributed by atoms with E-state index in [0.29, 0.717) is 18.9 Å². The zero-order chi connectivity index (χ0) is 29.1. The van der Waals surface area contributed by atoms with E-state index in [2.05, 4.69) is 10.3 Å². The highest BCUT2D eigenvalue weighted by Crippen LogP contribution is 2.36. The number of aliphatic hydroxyl groups is 4. The molecule has 1 unspecified atom stereocenters. The van der Waals surface area contributed by atoms with Crippen LogP contribution in [0.15, 0.2) is 4.99 Å². The number of nitrogens with one attached hydrogen (secondary N) is 1. The summed E-state index contributed by atoms with van der Waals surface area (Å²) in [5.41, 5.74) is 0. The number of carbonyl (C=O) groups is 2. The summed E-state index contributed by atoms with van der Waals surface area (Å²) in [4.78, 5) is 26.7. The number of nitrogens with zero attached hydrogens (tertiary/aromatic N) is 1. The van der Waals surface area contributed by atoms with Crippen molar-refractivity contribution < 1.29 is 63.5 Å². The SMILES string of the molecule is CCC(=O)N[C@H]1C(O)O[C@H](CO)[C@@H](O)[C@@H]1O[C@H](C)C(=O)O.CCC1=N[C@H]2[C@@H](O1)O[C@H]([C@H]1COC(C)(C)O1)[C@@H]2O. The molecule has 11 atom stereocenters. The third-order valence-corrected chi connectivity index (χ3v) is 6.73. The van der Waals surface area contributed by atoms with Crippen molar-refractivity contribution in [2.75, 3.05) is 13.2 Å². The third kappa shape index (κ3) is 7.42. The summed E-state index contributed by atoms with van der Waals surface area (Å²) in [5.74, 6) is -1.66. The summed E-state index contributed by atoms with van der Waals surface area (Å²) >= 11 is 0. The number of amides is 1. The molecule has 6 N–H and O–H groups in total. The first-order valence-electron chi connectivity index (χ1n) is 13.0. The van der Waals surface area contributed by atoms with Crippen molar-refractivity contribution in [3.05, 3.63) is 0 Å². The van der Waals surface area contributed by atoms with Crippen LogP contribution in [0.3, 0.4) is 0 Å². The summed E-state index contributed by atoms with van der Waals surface area (Å²) in [7, 11) is 0. The number of aliphatic imine (C=N–C) groups is 1. The van der Waals surface area contributed by atoms with Crippen LogP contribution >= 0.6 is 0 Å². The maximum atomic E-state index is 11.5. The Morgan fingerprint density at radius 3 is 2.38 bits per heavy atom. The van der Waals surface area contributed by atoms with Crippen LogP contribution in [0.4, 0.5) is 0 Å². The zero-order valence-corrected chi connectivity index (χ0v) is 22.6. The van der Waals surface area contributed by atoms with E-state index in [1.54, 1.807) is 6.92 Å². The first-order valence-corrected chi connectivity index (χ1v) is 13.0. The van der Waals surface area contributed by atoms with E-state index in [9.17, 15) is 24.9 Å². The molecule has 4 aliphatic rings. The molecule has 4 aliphatic heterocycles. The number of aliphatic hydroxyl groups excluding tert-OH is 4. The van der Waals surface area contributed by atoms with Crippen molar-refractivity contribution in [1.82, 2.24) is 5.32 Å². The lowest BCUT2D eigenvalue weighted by Gasteiger charge is -2.43. The maximum absolute atomic E-state index is 11.5. The van der Waals surface area contributed by atoms with Gasteiger partial charge in [-0.15, -0.1) is 0 Å². The average molecular weight is 565 g/mol. The molecular formula is C24H40N2O13. The Balaban J connectivity index is 0.000000217. The van der Waals surface area contributed by atoms with Gasteiger partial charge in [0.1, 0.15) is 48.7 Å². The fourth-order valence-corrected chi connectivity index (χ4v) is 4.58. The second kappa shape index (κ2) is 13.1. The highest BCUT2D eigenvalue weighted by atomic mass is 16.8. The standard InChI is InChI=1S/C12H21NO8.C12H19NO5/c1-3-7(15)13-8-10(20-5(2)11(17)18)9(16)6(4-14)21-12(8)19;1-4-7-13-8-9(14)10(17-11(8)16-7)6-5-15-12(2,3)18-6/h5-6,8-10,12,14,16,19H,3-4H2,1-2H3,(H,13,15)(H,17,18);6,8-11,14H,4-5H2,1-3H3/t5-,6-,8-,9-,10-,12?;6-,8-,9-,10-,11+/m11/s1. The van der Waals surface area contributed by atoms with Gasteiger partial charge in [0.15, 0.2) is 24.1 Å². The molecule has 0 aliphatic carbocycles. The van der Waals surface area contributed by atoms with Crippen LogP contribution in [0.2, 0.25) is 0 Å². The van der Waals surface area contributed by atoms with Gasteiger partial charge in [-0.05, 0) is 20.8 Å². The number of ether oxygens (including phenoxy) is 6. The molecule has 1 amide bonds. The van der Waals surface area contributed by atoms with E-state index < -0.39 is 79.5 Å². The van der Waals surface area contributed by atoms with Gasteiger partial charge in [0.2, 0.25) is 12.2 Å². The van der Waals surface area contributed by atoms with Crippen LogP contribution in [-0.2, 0) is 38.0 Å². The van der Waals surface area contributed by atoms with Crippen molar-refractivity contribution in [2.24, 2.45) is 4.99 Å². The second-order valence-electron chi connectivity index (χ2n) is 10.1. The van der Waals surface area contributed by atoms with E-state index in [4.69, 9.17) is 38.6 Å². The van der Waals surface area contributed by atoms with Crippen LogP contribution in [0.1, 0.15) is 47.5 Å². The number of carbonyl (C=O) groups excluding carboxylic acids is 1. The number of carboxylic acids is 1. The molecule has 4 rings (SSSR count). The first kappa shape index (κ1) is 31.6. The molecule has 224 valence electrons. The average Bonchev–Trinajstić information content (AvgIpc) is 3.56. The Labute approximate surface area is 226 Å². The highest BCUT2D eigenvalue weighted by Gasteiger charge is 2.54. The topological polar surface area (TPSA) is 215 Å². The fourth-order valence-electron chi connectivity index (χ4n) is 4.58. The maximum Gasteiger partial charge on any atom is 0.332 e. The number of rotatable bonds is 8. The molecule has 3 saturated heterocycles. The first-order chi connectivity index (χ1) is 18.3. The third-order valence-electron chi connectivity index (χ3n) is 6.73. The monoisotopic (exact) mass is 564 g/mol. The number of aliphatic carboxylic acids is 1. The van der Waals surface area contributed by atoms with Gasteiger partial charge in [0, 0.05) is 12.8 Å². The molecule has 0 aromatic rings. The molecule has 15 heteroatoms. The number of hydrogen-bond donors (Lipinski definition) is 6. The van der Waals surface area contributed by atoms with E-state index >= 15 is 0 Å². The summed E-state index contributed by atoms with van der Waals surface area (Å²) < 4.78 is 32.6. The van der Waals surface area contributed by atoms with Crippen molar-refractivity contribution >= 4 is 17.8 Å². The van der Waals surface area contributed by atoms with Gasteiger partial charge in [-0.2, -0.15) is 0 Å². The predicted molar refractivity (Wildman–Crippen MR) is 130 cm³/mol. The molecule has 15 nitrogen and oxygen atoms in total. The Kier molecular flexibility index (Phi) is 10.6. The van der Waals surface area contributed by atoms with Gasteiger partial charge in [-0.3, -0.25) is 4.79 Å². The largest absolute Gasteiger partial charge is 0.479 e. The Morgan fingerprint density at radius 2 is 1.87 bits per heavy atom. The van der Waals surface area contributed by atoms with E-state index in [1.165, 1.54) is 6.92 Å². The summed E-state index contributed by atoms with van der Waals surface area (Å²) in [5, 5.41) is 50.6. The van der Waals surface area contributed by atoms with Gasteiger partial charge in [-0.1, -0.05) is 13.8 Å². The minimum Gasteiger partial charge on any atom is -0.479 e. The van der Waals surface area contributed by atoms with Crippen LogP contribution in [0.25, 0.3) is 0 Å². The van der Waals surface area contributed by atoms with Crippen LogP contribution in [0, 0.1) is 0 Å². The molecular weight excluding hydrogens is 524 g/mol. The lowest BCUT2D eigenvalue weighted by molar-refractivity contribution is -0.267. The number of carboxylic acid groups (broad SMARTS) is 1. The van der Waals surface area contributed by atoms with Gasteiger partial charge >= 0.3 is 5.97 Å². The molecule has 0 aromatic heterocycles.